The molecule has 1 spiro atoms. The van der Waals surface area contributed by atoms with Crippen molar-refractivity contribution in [3.63, 3.8) is 0 Å². The molecule has 1 atom stereocenters. The molecule has 4 rings (SSSR count). The van der Waals surface area contributed by atoms with Crippen molar-refractivity contribution in [2.24, 2.45) is 5.41 Å². The Bertz CT molecular complexity index is 841. The number of aromatic nitrogens is 4. The zero-order valence-electron chi connectivity index (χ0n) is 18.0. The number of hydrogen-bond acceptors (Lipinski definition) is 6. The first-order valence-electron chi connectivity index (χ1n) is 10.8. The van der Waals surface area contributed by atoms with Crippen LogP contribution in [0.25, 0.3) is 0 Å². The lowest BCUT2D eigenvalue weighted by molar-refractivity contribution is -0.0335. The van der Waals surface area contributed by atoms with Crippen LogP contribution in [-0.2, 0) is 6.54 Å². The van der Waals surface area contributed by atoms with Gasteiger partial charge in [-0.2, -0.15) is 0 Å². The minimum absolute atomic E-state index is 0.0242. The van der Waals surface area contributed by atoms with E-state index in [0.29, 0.717) is 30.2 Å². The second kappa shape index (κ2) is 7.89. The van der Waals surface area contributed by atoms with Crippen molar-refractivity contribution in [2.45, 2.75) is 66.0 Å². The van der Waals surface area contributed by atoms with Crippen molar-refractivity contribution in [3.8, 4) is 0 Å². The second-order valence-corrected chi connectivity index (χ2v) is 8.56. The Morgan fingerprint density at radius 2 is 1.97 bits per heavy atom. The first kappa shape index (κ1) is 20.1. The van der Waals surface area contributed by atoms with Gasteiger partial charge in [0.1, 0.15) is 5.76 Å². The second-order valence-electron chi connectivity index (χ2n) is 8.56. The fourth-order valence-corrected chi connectivity index (χ4v) is 4.99. The quantitative estimate of drug-likeness (QED) is 0.742. The number of likely N-dealkylation sites (tertiary alicyclic amines) is 1. The van der Waals surface area contributed by atoms with Gasteiger partial charge in [-0.25, -0.2) is 4.68 Å². The summed E-state index contributed by atoms with van der Waals surface area (Å²) < 4.78 is 7.28. The Labute approximate surface area is 172 Å². The number of hydrogen-bond donors (Lipinski definition) is 0. The van der Waals surface area contributed by atoms with Gasteiger partial charge in [0.05, 0.1) is 17.9 Å². The Hall–Kier alpha value is -2.22. The van der Waals surface area contributed by atoms with E-state index in [1.807, 2.05) is 38.6 Å². The summed E-state index contributed by atoms with van der Waals surface area (Å²) in [5.74, 6) is 0.904. The van der Waals surface area contributed by atoms with E-state index >= 15 is 0 Å². The molecule has 1 aliphatic carbocycles. The minimum atomic E-state index is -0.0242. The third-order valence-electron chi connectivity index (χ3n) is 7.14. The average molecular weight is 401 g/mol. The summed E-state index contributed by atoms with van der Waals surface area (Å²) in [6, 6.07) is 0.356. The monoisotopic (exact) mass is 400 g/mol. The van der Waals surface area contributed by atoms with Crippen molar-refractivity contribution in [2.75, 3.05) is 26.2 Å². The van der Waals surface area contributed by atoms with Crippen LogP contribution in [0, 0.1) is 19.3 Å². The van der Waals surface area contributed by atoms with Gasteiger partial charge in [0.25, 0.3) is 5.91 Å². The Kier molecular flexibility index (Phi) is 5.46. The maximum atomic E-state index is 12.6. The van der Waals surface area contributed by atoms with Crippen LogP contribution in [0.1, 0.15) is 73.1 Å². The number of nitrogens with zero attached hydrogens (tertiary/aromatic N) is 6. The molecule has 0 radical (unpaired) electrons. The van der Waals surface area contributed by atoms with Crippen LogP contribution in [0.5, 0.6) is 0 Å². The van der Waals surface area contributed by atoms with Gasteiger partial charge in [0.15, 0.2) is 5.69 Å². The fraction of sp³-hybridized carbons (Fsp3) is 0.714. The van der Waals surface area contributed by atoms with Gasteiger partial charge in [-0.05, 0) is 71.9 Å². The molecule has 8 nitrogen and oxygen atoms in total. The summed E-state index contributed by atoms with van der Waals surface area (Å²) in [7, 11) is 0. The SMILES string of the molecule is CCN(CC)C(=O)c1cn(C2CCC23CCN(Cc2c(C)noc2C)CC3)nn1. The lowest BCUT2D eigenvalue weighted by Crippen LogP contribution is -2.49. The number of rotatable bonds is 6. The third kappa shape index (κ3) is 3.58. The highest BCUT2D eigenvalue weighted by Gasteiger charge is 2.49. The van der Waals surface area contributed by atoms with E-state index in [0.717, 1.165) is 50.4 Å². The van der Waals surface area contributed by atoms with E-state index in [4.69, 9.17) is 4.52 Å². The molecule has 0 N–H and O–H groups in total. The molecule has 2 aliphatic rings. The summed E-state index contributed by atoms with van der Waals surface area (Å²) in [5, 5.41) is 12.6. The molecule has 3 heterocycles. The molecular weight excluding hydrogens is 368 g/mol. The Morgan fingerprint density at radius 3 is 2.52 bits per heavy atom. The molecule has 158 valence electrons. The van der Waals surface area contributed by atoms with Crippen LogP contribution >= 0.6 is 0 Å². The van der Waals surface area contributed by atoms with Gasteiger partial charge < -0.3 is 9.42 Å². The summed E-state index contributed by atoms with van der Waals surface area (Å²) in [4.78, 5) is 16.9. The first-order valence-corrected chi connectivity index (χ1v) is 10.8. The highest BCUT2D eigenvalue weighted by molar-refractivity contribution is 5.91. The smallest absolute Gasteiger partial charge is 0.276 e. The van der Waals surface area contributed by atoms with Gasteiger partial charge in [-0.3, -0.25) is 9.69 Å². The molecule has 1 saturated carbocycles. The highest BCUT2D eigenvalue weighted by Crippen LogP contribution is 2.56. The number of amides is 1. The normalized spacial score (nSPS) is 21.3. The van der Waals surface area contributed by atoms with Crippen molar-refractivity contribution in [1.82, 2.24) is 30.0 Å². The van der Waals surface area contributed by atoms with Crippen LogP contribution in [0.4, 0.5) is 0 Å². The topological polar surface area (TPSA) is 80.3 Å². The zero-order chi connectivity index (χ0) is 20.6. The number of carbonyl (C=O) groups is 1. The summed E-state index contributed by atoms with van der Waals surface area (Å²) >= 11 is 0. The van der Waals surface area contributed by atoms with Crippen LogP contribution in [0.2, 0.25) is 0 Å². The third-order valence-corrected chi connectivity index (χ3v) is 7.14. The van der Waals surface area contributed by atoms with Gasteiger partial charge >= 0.3 is 0 Å². The number of aryl methyl sites for hydroxylation is 2. The van der Waals surface area contributed by atoms with Crippen molar-refractivity contribution >= 4 is 5.91 Å². The highest BCUT2D eigenvalue weighted by atomic mass is 16.5. The largest absolute Gasteiger partial charge is 0.361 e. The first-order chi connectivity index (χ1) is 14.0. The fourth-order valence-electron chi connectivity index (χ4n) is 4.99. The minimum Gasteiger partial charge on any atom is -0.361 e. The Morgan fingerprint density at radius 1 is 1.24 bits per heavy atom. The molecule has 2 aromatic rings. The Balaban J connectivity index is 1.39. The zero-order valence-corrected chi connectivity index (χ0v) is 18.0. The molecule has 1 amide bonds. The van der Waals surface area contributed by atoms with Gasteiger partial charge in [-0.1, -0.05) is 10.4 Å². The van der Waals surface area contributed by atoms with Crippen molar-refractivity contribution < 1.29 is 9.32 Å². The van der Waals surface area contributed by atoms with E-state index in [1.54, 1.807) is 4.90 Å². The maximum absolute atomic E-state index is 12.6. The van der Waals surface area contributed by atoms with Gasteiger partial charge in [0.2, 0.25) is 0 Å². The van der Waals surface area contributed by atoms with Crippen LogP contribution < -0.4 is 0 Å². The predicted octanol–water partition coefficient (Wildman–Crippen LogP) is 2.98. The number of carbonyl (C=O) groups excluding carboxylic acids is 1. The lowest BCUT2D eigenvalue weighted by atomic mass is 9.59. The van der Waals surface area contributed by atoms with E-state index in [1.165, 1.54) is 12.0 Å². The van der Waals surface area contributed by atoms with Crippen molar-refractivity contribution in [1.29, 1.82) is 0 Å². The standard InChI is InChI=1S/C21H32N6O2/c1-5-26(6-2)20(28)18-14-27(24-22-18)19-7-8-21(19)9-11-25(12-10-21)13-17-15(3)23-29-16(17)4/h14,19H,5-13H2,1-4H3. The maximum Gasteiger partial charge on any atom is 0.276 e. The molecule has 0 bridgehead atoms. The van der Waals surface area contributed by atoms with Crippen molar-refractivity contribution in [3.05, 3.63) is 28.9 Å². The molecule has 1 aliphatic heterocycles. The summed E-state index contributed by atoms with van der Waals surface area (Å²) in [5.41, 5.74) is 2.98. The predicted molar refractivity (Wildman–Crippen MR) is 108 cm³/mol. The molecule has 1 saturated heterocycles. The summed E-state index contributed by atoms with van der Waals surface area (Å²) in [6.07, 6.45) is 6.52. The molecular formula is C21H32N6O2. The molecule has 29 heavy (non-hydrogen) atoms. The van der Waals surface area contributed by atoms with Gasteiger partial charge in [-0.15, -0.1) is 5.10 Å². The molecule has 2 aromatic heterocycles. The summed E-state index contributed by atoms with van der Waals surface area (Å²) in [6.45, 7) is 12.4. The van der Waals surface area contributed by atoms with E-state index in [-0.39, 0.29) is 5.91 Å². The lowest BCUT2D eigenvalue weighted by Gasteiger charge is -2.53. The molecule has 2 fully saturated rings. The van der Waals surface area contributed by atoms with Crippen LogP contribution in [-0.4, -0.2) is 62.0 Å². The number of piperidine rings is 1. The molecule has 1 unspecified atom stereocenters. The molecule has 0 aromatic carbocycles. The van der Waals surface area contributed by atoms with Crippen LogP contribution in [0.15, 0.2) is 10.7 Å². The van der Waals surface area contributed by atoms with E-state index in [2.05, 4.69) is 20.4 Å². The van der Waals surface area contributed by atoms with Gasteiger partial charge in [0, 0.05) is 25.2 Å². The van der Waals surface area contributed by atoms with E-state index < -0.39 is 0 Å². The average Bonchev–Trinajstić information content (AvgIpc) is 3.31. The molecule has 8 heteroatoms. The van der Waals surface area contributed by atoms with E-state index in [9.17, 15) is 4.79 Å². The van der Waals surface area contributed by atoms with Crippen LogP contribution in [0.3, 0.4) is 0 Å².